The van der Waals surface area contributed by atoms with E-state index in [1.165, 1.54) is 6.42 Å². The predicted octanol–water partition coefficient (Wildman–Crippen LogP) is 3.04. The summed E-state index contributed by atoms with van der Waals surface area (Å²) < 4.78 is 0. The normalized spacial score (nSPS) is 18.3. The lowest BCUT2D eigenvalue weighted by Crippen LogP contribution is -2.41. The molecule has 2 N–H and O–H groups in total. The van der Waals surface area contributed by atoms with E-state index in [4.69, 9.17) is 0 Å². The molecule has 116 valence electrons. The fourth-order valence-electron chi connectivity index (χ4n) is 2.78. The van der Waals surface area contributed by atoms with Crippen molar-refractivity contribution in [2.75, 3.05) is 18.4 Å². The topological polar surface area (TPSA) is 73.9 Å². The van der Waals surface area contributed by atoms with Gasteiger partial charge in [0.15, 0.2) is 5.82 Å². The molecule has 3 rings (SSSR count). The molecule has 0 bridgehead atoms. The molecular weight excluding hydrogens is 278 g/mol. The number of aromatic amines is 1. The fraction of sp³-hybridized carbons (Fsp3) is 0.438. The van der Waals surface area contributed by atoms with Gasteiger partial charge in [-0.2, -0.15) is 5.10 Å². The van der Waals surface area contributed by atoms with E-state index in [2.05, 4.69) is 27.4 Å². The summed E-state index contributed by atoms with van der Waals surface area (Å²) in [5.41, 5.74) is 1.65. The Morgan fingerprint density at radius 1 is 1.45 bits per heavy atom. The van der Waals surface area contributed by atoms with Gasteiger partial charge in [-0.25, -0.2) is 9.78 Å². The van der Waals surface area contributed by atoms with Gasteiger partial charge in [-0.15, -0.1) is 0 Å². The molecule has 1 atom stereocenters. The van der Waals surface area contributed by atoms with E-state index in [1.807, 2.05) is 36.1 Å². The van der Waals surface area contributed by atoms with Crippen LogP contribution in [0.15, 0.2) is 24.3 Å². The molecule has 2 aromatic rings. The minimum atomic E-state index is -0.0325. The second-order valence-electron chi connectivity index (χ2n) is 5.95. The first kappa shape index (κ1) is 14.6. The van der Waals surface area contributed by atoms with E-state index in [9.17, 15) is 4.79 Å². The first-order chi connectivity index (χ1) is 10.6. The Balaban J connectivity index is 1.71. The molecule has 1 aromatic carbocycles. The minimum Gasteiger partial charge on any atom is -0.324 e. The summed E-state index contributed by atoms with van der Waals surface area (Å²) in [5.74, 6) is 1.98. The summed E-state index contributed by atoms with van der Waals surface area (Å²) in [5, 5.41) is 9.94. The first-order valence-electron chi connectivity index (χ1n) is 7.67. The Kier molecular flexibility index (Phi) is 4.09. The Morgan fingerprint density at radius 2 is 2.32 bits per heavy atom. The molecule has 1 aliphatic heterocycles. The van der Waals surface area contributed by atoms with Gasteiger partial charge in [0.1, 0.15) is 5.82 Å². The van der Waals surface area contributed by atoms with Crippen LogP contribution in [-0.2, 0) is 0 Å². The van der Waals surface area contributed by atoms with Crippen molar-refractivity contribution in [1.29, 1.82) is 0 Å². The summed E-state index contributed by atoms with van der Waals surface area (Å²) in [6, 6.07) is 7.58. The molecule has 2 heterocycles. The average Bonchev–Trinajstić information content (AvgIpc) is 2.94. The number of nitrogens with zero attached hydrogens (tertiary/aromatic N) is 3. The van der Waals surface area contributed by atoms with Gasteiger partial charge in [0, 0.05) is 24.3 Å². The third kappa shape index (κ3) is 3.27. The molecule has 1 aliphatic rings. The average molecular weight is 299 g/mol. The van der Waals surface area contributed by atoms with E-state index in [0.29, 0.717) is 11.7 Å². The maximum atomic E-state index is 12.3. The Labute approximate surface area is 129 Å². The van der Waals surface area contributed by atoms with Gasteiger partial charge in [0.05, 0.1) is 0 Å². The van der Waals surface area contributed by atoms with E-state index in [1.54, 1.807) is 0 Å². The maximum Gasteiger partial charge on any atom is 0.321 e. The van der Waals surface area contributed by atoms with Crippen molar-refractivity contribution < 1.29 is 4.79 Å². The highest BCUT2D eigenvalue weighted by Gasteiger charge is 2.20. The minimum absolute atomic E-state index is 0.0325. The number of H-pyrrole nitrogens is 1. The number of nitrogens with one attached hydrogen (secondary N) is 2. The lowest BCUT2D eigenvalue weighted by molar-refractivity contribution is 0.182. The predicted molar refractivity (Wildman–Crippen MR) is 85.5 cm³/mol. The quantitative estimate of drug-likeness (QED) is 0.895. The van der Waals surface area contributed by atoms with Gasteiger partial charge in [0.2, 0.25) is 0 Å². The van der Waals surface area contributed by atoms with Gasteiger partial charge in [-0.05, 0) is 37.8 Å². The van der Waals surface area contributed by atoms with Crippen LogP contribution >= 0.6 is 0 Å². The van der Waals surface area contributed by atoms with Crippen molar-refractivity contribution in [3.8, 4) is 11.4 Å². The van der Waals surface area contributed by atoms with Crippen LogP contribution in [0.3, 0.4) is 0 Å². The highest BCUT2D eigenvalue weighted by molar-refractivity contribution is 5.90. The number of likely N-dealkylation sites (tertiary alicyclic amines) is 1. The van der Waals surface area contributed by atoms with Gasteiger partial charge in [-0.3, -0.25) is 5.10 Å². The molecule has 1 fully saturated rings. The lowest BCUT2D eigenvalue weighted by atomic mass is 10.0. The van der Waals surface area contributed by atoms with E-state index in [-0.39, 0.29) is 6.03 Å². The summed E-state index contributed by atoms with van der Waals surface area (Å²) in [4.78, 5) is 18.5. The third-order valence-corrected chi connectivity index (χ3v) is 3.91. The standard InChI is InChI=1S/C16H21N5O/c1-11-5-4-8-21(10-11)16(22)18-14-7-3-6-13(9-14)15-17-12(2)19-20-15/h3,6-7,9,11H,4-5,8,10H2,1-2H3,(H,18,22)(H,17,19,20)/t11-/m1/s1. The van der Waals surface area contributed by atoms with Crippen LogP contribution in [0.5, 0.6) is 0 Å². The van der Waals surface area contributed by atoms with E-state index in [0.717, 1.165) is 36.6 Å². The second-order valence-corrected chi connectivity index (χ2v) is 5.95. The molecule has 0 unspecified atom stereocenters. The molecule has 0 saturated carbocycles. The number of aromatic nitrogens is 3. The monoisotopic (exact) mass is 299 g/mol. The Morgan fingerprint density at radius 3 is 3.05 bits per heavy atom. The number of benzene rings is 1. The molecule has 0 aliphatic carbocycles. The van der Waals surface area contributed by atoms with Crippen molar-refractivity contribution in [2.45, 2.75) is 26.7 Å². The number of hydrogen-bond acceptors (Lipinski definition) is 3. The number of carbonyl (C=O) groups excluding carboxylic acids is 1. The van der Waals surface area contributed by atoms with E-state index < -0.39 is 0 Å². The SMILES string of the molecule is Cc1nc(-c2cccc(NC(=O)N3CCC[C@@H](C)C3)c2)n[nH]1. The number of hydrogen-bond donors (Lipinski definition) is 2. The molecule has 0 spiro atoms. The molecule has 6 heteroatoms. The zero-order chi connectivity index (χ0) is 15.5. The van der Waals surface area contributed by atoms with Crippen LogP contribution in [0.4, 0.5) is 10.5 Å². The lowest BCUT2D eigenvalue weighted by Gasteiger charge is -2.30. The van der Waals surface area contributed by atoms with Crippen LogP contribution in [0.2, 0.25) is 0 Å². The van der Waals surface area contributed by atoms with Gasteiger partial charge >= 0.3 is 6.03 Å². The summed E-state index contributed by atoms with van der Waals surface area (Å²) in [6.07, 6.45) is 2.27. The number of amides is 2. The van der Waals surface area contributed by atoms with Crippen molar-refractivity contribution in [2.24, 2.45) is 5.92 Å². The molecule has 1 aromatic heterocycles. The second kappa shape index (κ2) is 6.17. The summed E-state index contributed by atoms with van der Waals surface area (Å²) in [7, 11) is 0. The zero-order valence-corrected chi connectivity index (χ0v) is 13.0. The number of anilines is 1. The van der Waals surface area contributed by atoms with Crippen LogP contribution in [0.1, 0.15) is 25.6 Å². The molecule has 0 radical (unpaired) electrons. The smallest absolute Gasteiger partial charge is 0.321 e. The zero-order valence-electron chi connectivity index (χ0n) is 13.0. The summed E-state index contributed by atoms with van der Waals surface area (Å²) in [6.45, 7) is 5.70. The number of aryl methyl sites for hydroxylation is 1. The van der Waals surface area contributed by atoms with Gasteiger partial charge in [0.25, 0.3) is 0 Å². The number of piperidine rings is 1. The highest BCUT2D eigenvalue weighted by Crippen LogP contribution is 2.21. The maximum absolute atomic E-state index is 12.3. The summed E-state index contributed by atoms with van der Waals surface area (Å²) >= 11 is 0. The largest absolute Gasteiger partial charge is 0.324 e. The third-order valence-electron chi connectivity index (χ3n) is 3.91. The number of rotatable bonds is 2. The Bertz CT molecular complexity index is 666. The number of urea groups is 1. The first-order valence-corrected chi connectivity index (χ1v) is 7.67. The van der Waals surface area contributed by atoms with Crippen LogP contribution in [0, 0.1) is 12.8 Å². The van der Waals surface area contributed by atoms with Crippen LogP contribution < -0.4 is 5.32 Å². The van der Waals surface area contributed by atoms with Crippen LogP contribution in [0.25, 0.3) is 11.4 Å². The molecule has 6 nitrogen and oxygen atoms in total. The molecular formula is C16H21N5O. The van der Waals surface area contributed by atoms with Crippen molar-refractivity contribution in [3.63, 3.8) is 0 Å². The molecule has 2 amide bonds. The molecule has 22 heavy (non-hydrogen) atoms. The molecule has 1 saturated heterocycles. The van der Waals surface area contributed by atoms with E-state index >= 15 is 0 Å². The van der Waals surface area contributed by atoms with Gasteiger partial charge in [-0.1, -0.05) is 19.1 Å². The Hall–Kier alpha value is -2.37. The van der Waals surface area contributed by atoms with Crippen molar-refractivity contribution >= 4 is 11.7 Å². The van der Waals surface area contributed by atoms with Crippen LogP contribution in [-0.4, -0.2) is 39.2 Å². The van der Waals surface area contributed by atoms with Crippen molar-refractivity contribution in [1.82, 2.24) is 20.1 Å². The number of carbonyl (C=O) groups is 1. The van der Waals surface area contributed by atoms with Crippen molar-refractivity contribution in [3.05, 3.63) is 30.1 Å². The fourth-order valence-corrected chi connectivity index (χ4v) is 2.78. The van der Waals surface area contributed by atoms with Gasteiger partial charge < -0.3 is 10.2 Å². The highest BCUT2D eigenvalue weighted by atomic mass is 16.2.